The number of hydrogen-bond donors (Lipinski definition) is 1. The molecule has 0 aromatic heterocycles. The highest BCUT2D eigenvalue weighted by Gasteiger charge is 2.12. The van der Waals surface area contributed by atoms with Crippen LogP contribution in [-0.2, 0) is 4.79 Å². The Bertz CT molecular complexity index is 326. The van der Waals surface area contributed by atoms with Gasteiger partial charge in [0.1, 0.15) is 0 Å². The summed E-state index contributed by atoms with van der Waals surface area (Å²) < 4.78 is 0. The molecule has 4 nitrogen and oxygen atoms in total. The fourth-order valence-corrected chi connectivity index (χ4v) is 1.43. The van der Waals surface area contributed by atoms with Gasteiger partial charge in [-0.2, -0.15) is 0 Å². The minimum Gasteiger partial charge on any atom is -0.329 e. The Morgan fingerprint density at radius 1 is 1.25 bits per heavy atom. The van der Waals surface area contributed by atoms with Crippen molar-refractivity contribution < 1.29 is 4.79 Å². The molecule has 4 heteroatoms. The third kappa shape index (κ3) is 3.64. The number of para-hydroxylation sites is 1. The van der Waals surface area contributed by atoms with Crippen LogP contribution in [0.15, 0.2) is 30.3 Å². The first kappa shape index (κ1) is 12.7. The van der Waals surface area contributed by atoms with Gasteiger partial charge < -0.3 is 10.6 Å². The first-order valence-corrected chi connectivity index (χ1v) is 5.35. The molecule has 1 aromatic carbocycles. The molecule has 0 fully saturated rings. The second-order valence-electron chi connectivity index (χ2n) is 3.81. The third-order valence-electron chi connectivity index (χ3n) is 2.43. The van der Waals surface area contributed by atoms with Crippen LogP contribution in [0.1, 0.15) is 0 Å². The zero-order valence-corrected chi connectivity index (χ0v) is 9.89. The van der Waals surface area contributed by atoms with E-state index in [-0.39, 0.29) is 5.91 Å². The van der Waals surface area contributed by atoms with E-state index >= 15 is 0 Å². The summed E-state index contributed by atoms with van der Waals surface area (Å²) in [7, 11) is 3.68. The van der Waals surface area contributed by atoms with Crippen LogP contribution in [0.25, 0.3) is 0 Å². The van der Waals surface area contributed by atoms with E-state index in [0.717, 1.165) is 12.2 Å². The Labute approximate surface area is 96.6 Å². The first-order chi connectivity index (χ1) is 7.65. The smallest absolute Gasteiger partial charge is 0.240 e. The fourth-order valence-electron chi connectivity index (χ4n) is 1.43. The zero-order chi connectivity index (χ0) is 12.0. The van der Waals surface area contributed by atoms with Gasteiger partial charge in [0, 0.05) is 25.8 Å². The summed E-state index contributed by atoms with van der Waals surface area (Å²) in [6, 6.07) is 9.61. The van der Waals surface area contributed by atoms with E-state index in [1.54, 1.807) is 11.9 Å². The Balaban J connectivity index is 2.55. The molecule has 0 saturated heterocycles. The molecule has 1 rings (SSSR count). The summed E-state index contributed by atoms with van der Waals surface area (Å²) in [6.07, 6.45) is 0. The third-order valence-corrected chi connectivity index (χ3v) is 2.43. The molecule has 0 unspecified atom stereocenters. The average molecular weight is 221 g/mol. The largest absolute Gasteiger partial charge is 0.329 e. The van der Waals surface area contributed by atoms with Gasteiger partial charge in [-0.05, 0) is 19.2 Å². The minimum atomic E-state index is 0.0714. The highest BCUT2D eigenvalue weighted by Crippen LogP contribution is 2.10. The minimum absolute atomic E-state index is 0.0714. The quantitative estimate of drug-likeness (QED) is 0.789. The van der Waals surface area contributed by atoms with E-state index < -0.39 is 0 Å². The van der Waals surface area contributed by atoms with Gasteiger partial charge in [-0.25, -0.2) is 0 Å². The summed E-state index contributed by atoms with van der Waals surface area (Å²) in [4.78, 5) is 15.5. The van der Waals surface area contributed by atoms with Crippen molar-refractivity contribution in [2.75, 3.05) is 38.6 Å². The standard InChI is InChI=1S/C12H19N3O/c1-14(9-8-13)10-12(16)15(2)11-6-4-3-5-7-11/h3-7H,8-10,13H2,1-2H3. The number of carbonyl (C=O) groups excluding carboxylic acids is 1. The Hall–Kier alpha value is -1.39. The lowest BCUT2D eigenvalue weighted by molar-refractivity contribution is -0.119. The second kappa shape index (κ2) is 6.25. The maximum atomic E-state index is 11.9. The molecule has 1 amide bonds. The molecular formula is C12H19N3O. The van der Waals surface area contributed by atoms with Crippen molar-refractivity contribution in [3.63, 3.8) is 0 Å². The normalized spacial score (nSPS) is 10.5. The molecular weight excluding hydrogens is 202 g/mol. The van der Waals surface area contributed by atoms with E-state index in [2.05, 4.69) is 0 Å². The Morgan fingerprint density at radius 3 is 2.44 bits per heavy atom. The number of amides is 1. The van der Waals surface area contributed by atoms with Crippen LogP contribution in [0.2, 0.25) is 0 Å². The monoisotopic (exact) mass is 221 g/mol. The molecule has 0 radical (unpaired) electrons. The van der Waals surface area contributed by atoms with Gasteiger partial charge in [-0.3, -0.25) is 9.69 Å². The summed E-state index contributed by atoms with van der Waals surface area (Å²) in [5.74, 6) is 0.0714. The van der Waals surface area contributed by atoms with Gasteiger partial charge in [0.05, 0.1) is 6.54 Å². The summed E-state index contributed by atoms with van der Waals surface area (Å²) in [5.41, 5.74) is 6.34. The van der Waals surface area contributed by atoms with Crippen LogP contribution < -0.4 is 10.6 Å². The topological polar surface area (TPSA) is 49.6 Å². The average Bonchev–Trinajstić information content (AvgIpc) is 2.29. The molecule has 0 aliphatic heterocycles. The van der Waals surface area contributed by atoms with Crippen molar-refractivity contribution in [1.82, 2.24) is 4.90 Å². The molecule has 16 heavy (non-hydrogen) atoms. The zero-order valence-electron chi connectivity index (χ0n) is 9.89. The van der Waals surface area contributed by atoms with Gasteiger partial charge in [-0.15, -0.1) is 0 Å². The van der Waals surface area contributed by atoms with Crippen LogP contribution in [0.4, 0.5) is 5.69 Å². The Morgan fingerprint density at radius 2 is 1.88 bits per heavy atom. The maximum Gasteiger partial charge on any atom is 0.240 e. The van der Waals surface area contributed by atoms with Crippen molar-refractivity contribution in [1.29, 1.82) is 0 Å². The molecule has 1 aromatic rings. The number of hydrogen-bond acceptors (Lipinski definition) is 3. The predicted molar refractivity (Wildman–Crippen MR) is 66.4 cm³/mol. The van der Waals surface area contributed by atoms with E-state index in [1.807, 2.05) is 42.3 Å². The number of nitrogens with two attached hydrogens (primary N) is 1. The number of nitrogens with zero attached hydrogens (tertiary/aromatic N) is 2. The fraction of sp³-hybridized carbons (Fsp3) is 0.417. The molecule has 0 bridgehead atoms. The van der Waals surface area contributed by atoms with Crippen LogP contribution in [-0.4, -0.2) is 44.5 Å². The van der Waals surface area contributed by atoms with Crippen molar-refractivity contribution in [2.45, 2.75) is 0 Å². The number of carbonyl (C=O) groups is 1. The molecule has 0 spiro atoms. The van der Waals surface area contributed by atoms with Crippen LogP contribution in [0.3, 0.4) is 0 Å². The van der Waals surface area contributed by atoms with Crippen molar-refractivity contribution in [3.8, 4) is 0 Å². The molecule has 2 N–H and O–H groups in total. The lowest BCUT2D eigenvalue weighted by atomic mass is 10.3. The van der Waals surface area contributed by atoms with E-state index in [4.69, 9.17) is 5.73 Å². The molecule has 0 aliphatic carbocycles. The number of likely N-dealkylation sites (N-methyl/N-ethyl adjacent to an activating group) is 2. The first-order valence-electron chi connectivity index (χ1n) is 5.35. The highest BCUT2D eigenvalue weighted by atomic mass is 16.2. The van der Waals surface area contributed by atoms with Gasteiger partial charge in [0.2, 0.25) is 5.91 Å². The number of anilines is 1. The Kier molecular flexibility index (Phi) is 4.95. The second-order valence-corrected chi connectivity index (χ2v) is 3.81. The molecule has 0 heterocycles. The van der Waals surface area contributed by atoms with Crippen LogP contribution >= 0.6 is 0 Å². The van der Waals surface area contributed by atoms with Crippen LogP contribution in [0.5, 0.6) is 0 Å². The van der Waals surface area contributed by atoms with E-state index in [9.17, 15) is 4.79 Å². The van der Waals surface area contributed by atoms with Crippen LogP contribution in [0, 0.1) is 0 Å². The van der Waals surface area contributed by atoms with Gasteiger partial charge >= 0.3 is 0 Å². The molecule has 0 saturated carbocycles. The van der Waals surface area contributed by atoms with Gasteiger partial charge in [0.15, 0.2) is 0 Å². The SMILES string of the molecule is CN(CCN)CC(=O)N(C)c1ccccc1. The predicted octanol–water partition coefficient (Wildman–Crippen LogP) is 0.540. The van der Waals surface area contributed by atoms with Gasteiger partial charge in [-0.1, -0.05) is 18.2 Å². The van der Waals surface area contributed by atoms with E-state index in [0.29, 0.717) is 13.1 Å². The van der Waals surface area contributed by atoms with Crippen molar-refractivity contribution in [3.05, 3.63) is 30.3 Å². The number of rotatable bonds is 5. The summed E-state index contributed by atoms with van der Waals surface area (Å²) >= 11 is 0. The van der Waals surface area contributed by atoms with Crippen molar-refractivity contribution >= 4 is 11.6 Å². The molecule has 88 valence electrons. The van der Waals surface area contributed by atoms with Crippen molar-refractivity contribution in [2.24, 2.45) is 5.73 Å². The highest BCUT2D eigenvalue weighted by molar-refractivity contribution is 5.94. The molecule has 0 atom stereocenters. The van der Waals surface area contributed by atoms with E-state index in [1.165, 1.54) is 0 Å². The molecule has 0 aliphatic rings. The lowest BCUT2D eigenvalue weighted by Crippen LogP contribution is -2.38. The number of benzene rings is 1. The summed E-state index contributed by atoms with van der Waals surface area (Å²) in [6.45, 7) is 1.69. The van der Waals surface area contributed by atoms with Gasteiger partial charge in [0.25, 0.3) is 0 Å². The summed E-state index contributed by atoms with van der Waals surface area (Å²) in [5, 5.41) is 0. The lowest BCUT2D eigenvalue weighted by Gasteiger charge is -2.21. The maximum absolute atomic E-state index is 11.9.